The van der Waals surface area contributed by atoms with Crippen molar-refractivity contribution >= 4 is 40.5 Å². The lowest BCUT2D eigenvalue weighted by molar-refractivity contribution is -0.132. The van der Waals surface area contributed by atoms with Crippen LogP contribution in [-0.2, 0) is 11.3 Å². The highest BCUT2D eigenvalue weighted by molar-refractivity contribution is 6.31. The number of pyridine rings is 1. The predicted molar refractivity (Wildman–Crippen MR) is 108 cm³/mol. The van der Waals surface area contributed by atoms with Crippen LogP contribution < -0.4 is 4.90 Å². The second-order valence-corrected chi connectivity index (χ2v) is 7.24. The fraction of sp³-hybridized carbons (Fsp3) is 0.300. The van der Waals surface area contributed by atoms with E-state index in [9.17, 15) is 9.59 Å². The van der Waals surface area contributed by atoms with Crippen LogP contribution in [0.3, 0.4) is 0 Å². The highest BCUT2D eigenvalue weighted by Gasteiger charge is 2.23. The number of hydrogen-bond acceptors (Lipinski definition) is 5. The molecule has 3 heterocycles. The molecule has 0 aliphatic carbocycles. The first-order valence-corrected chi connectivity index (χ1v) is 9.50. The van der Waals surface area contributed by atoms with Gasteiger partial charge < -0.3 is 9.80 Å². The summed E-state index contributed by atoms with van der Waals surface area (Å²) in [6.07, 6.45) is 2.32. The third-order valence-electron chi connectivity index (χ3n) is 5.07. The molecule has 1 aliphatic heterocycles. The standard InChI is InChI=1S/C20H20ClN5O2/c1-14-11-15(4-5-17(14)21)24-7-9-25(10-8-24)19(28)12-26-20-16(3-2-6-22-20)18(13-27)23-26/h2-6,11,13H,7-10,12H2,1H3. The van der Waals surface area contributed by atoms with Gasteiger partial charge in [0.25, 0.3) is 0 Å². The summed E-state index contributed by atoms with van der Waals surface area (Å²) >= 11 is 6.11. The van der Waals surface area contributed by atoms with Crippen molar-refractivity contribution in [3.63, 3.8) is 0 Å². The maximum Gasteiger partial charge on any atom is 0.244 e. The Morgan fingerprint density at radius 3 is 2.71 bits per heavy atom. The summed E-state index contributed by atoms with van der Waals surface area (Å²) < 4.78 is 1.51. The number of carbonyl (C=O) groups is 2. The Balaban J connectivity index is 1.43. The van der Waals surface area contributed by atoms with Gasteiger partial charge in [-0.25, -0.2) is 9.67 Å². The molecule has 0 unspecified atom stereocenters. The molecule has 1 aromatic carbocycles. The van der Waals surface area contributed by atoms with Crippen LogP contribution in [0.1, 0.15) is 16.1 Å². The SMILES string of the molecule is Cc1cc(N2CCN(C(=O)Cn3nc(C=O)c4cccnc43)CC2)ccc1Cl. The van der Waals surface area contributed by atoms with Gasteiger partial charge in [0.15, 0.2) is 11.9 Å². The third-order valence-corrected chi connectivity index (χ3v) is 5.50. The minimum Gasteiger partial charge on any atom is -0.368 e. The average Bonchev–Trinajstić information content (AvgIpc) is 3.08. The summed E-state index contributed by atoms with van der Waals surface area (Å²) in [6, 6.07) is 9.52. The summed E-state index contributed by atoms with van der Waals surface area (Å²) in [5.41, 5.74) is 3.01. The van der Waals surface area contributed by atoms with E-state index in [1.807, 2.05) is 24.0 Å². The number of benzene rings is 1. The van der Waals surface area contributed by atoms with Gasteiger partial charge in [0, 0.05) is 48.5 Å². The molecular weight excluding hydrogens is 378 g/mol. The van der Waals surface area contributed by atoms with Crippen molar-refractivity contribution in [1.82, 2.24) is 19.7 Å². The van der Waals surface area contributed by atoms with Crippen LogP contribution in [0.2, 0.25) is 5.02 Å². The second kappa shape index (κ2) is 7.59. The lowest BCUT2D eigenvalue weighted by atomic mass is 10.2. The summed E-state index contributed by atoms with van der Waals surface area (Å²) in [6.45, 7) is 4.83. The number of aryl methyl sites for hydroxylation is 1. The van der Waals surface area contributed by atoms with E-state index >= 15 is 0 Å². The van der Waals surface area contributed by atoms with Crippen molar-refractivity contribution in [3.8, 4) is 0 Å². The number of nitrogens with zero attached hydrogens (tertiary/aromatic N) is 5. The smallest absolute Gasteiger partial charge is 0.244 e. The Morgan fingerprint density at radius 2 is 2.00 bits per heavy atom. The Bertz CT molecular complexity index is 1040. The van der Waals surface area contributed by atoms with Gasteiger partial charge in [-0.05, 0) is 42.8 Å². The Morgan fingerprint density at radius 1 is 1.21 bits per heavy atom. The van der Waals surface area contributed by atoms with E-state index in [4.69, 9.17) is 11.6 Å². The lowest BCUT2D eigenvalue weighted by Gasteiger charge is -2.36. The van der Waals surface area contributed by atoms with Crippen LogP contribution >= 0.6 is 11.6 Å². The van der Waals surface area contributed by atoms with Crippen molar-refractivity contribution < 1.29 is 9.59 Å². The Kier molecular flexibility index (Phi) is 5.00. The van der Waals surface area contributed by atoms with Crippen molar-refractivity contribution in [3.05, 3.63) is 52.8 Å². The predicted octanol–water partition coefficient (Wildman–Crippen LogP) is 2.55. The van der Waals surface area contributed by atoms with Gasteiger partial charge in [-0.15, -0.1) is 0 Å². The Labute approximate surface area is 167 Å². The number of hydrogen-bond donors (Lipinski definition) is 0. The molecule has 0 spiro atoms. The molecule has 0 atom stereocenters. The number of anilines is 1. The maximum atomic E-state index is 12.8. The lowest BCUT2D eigenvalue weighted by Crippen LogP contribution is -2.49. The number of aromatic nitrogens is 3. The number of rotatable bonds is 4. The number of aldehydes is 1. The van der Waals surface area contributed by atoms with Crippen LogP contribution in [0.4, 0.5) is 5.69 Å². The molecule has 144 valence electrons. The van der Waals surface area contributed by atoms with Gasteiger partial charge in [-0.3, -0.25) is 9.59 Å². The molecule has 0 bridgehead atoms. The van der Waals surface area contributed by atoms with Crippen molar-refractivity contribution in [2.75, 3.05) is 31.1 Å². The Hall–Kier alpha value is -2.93. The van der Waals surface area contributed by atoms with E-state index in [0.29, 0.717) is 36.1 Å². The number of carbonyl (C=O) groups excluding carboxylic acids is 2. The molecule has 1 fully saturated rings. The molecule has 4 rings (SSSR count). The van der Waals surface area contributed by atoms with E-state index in [2.05, 4.69) is 21.0 Å². The zero-order valence-electron chi connectivity index (χ0n) is 15.5. The molecule has 0 radical (unpaired) electrons. The van der Waals surface area contributed by atoms with E-state index in [1.54, 1.807) is 18.3 Å². The first kappa shape index (κ1) is 18.4. The molecule has 8 heteroatoms. The van der Waals surface area contributed by atoms with E-state index in [-0.39, 0.29) is 12.5 Å². The molecule has 28 heavy (non-hydrogen) atoms. The average molecular weight is 398 g/mol. The minimum absolute atomic E-state index is 0.0283. The quantitative estimate of drug-likeness (QED) is 0.633. The first-order valence-electron chi connectivity index (χ1n) is 9.12. The van der Waals surface area contributed by atoms with Crippen LogP contribution in [-0.4, -0.2) is 58.0 Å². The van der Waals surface area contributed by atoms with Crippen molar-refractivity contribution in [2.45, 2.75) is 13.5 Å². The topological polar surface area (TPSA) is 71.3 Å². The van der Waals surface area contributed by atoms with Crippen LogP contribution in [0.15, 0.2) is 36.5 Å². The number of halogens is 1. The van der Waals surface area contributed by atoms with E-state index in [1.165, 1.54) is 4.68 Å². The number of amides is 1. The summed E-state index contributed by atoms with van der Waals surface area (Å²) in [4.78, 5) is 32.3. The van der Waals surface area contributed by atoms with Gasteiger partial charge in [-0.2, -0.15) is 5.10 Å². The molecule has 2 aromatic heterocycles. The second-order valence-electron chi connectivity index (χ2n) is 6.84. The molecule has 0 saturated carbocycles. The summed E-state index contributed by atoms with van der Waals surface area (Å²) in [5.74, 6) is -0.0283. The van der Waals surface area contributed by atoms with Gasteiger partial charge in [0.1, 0.15) is 12.2 Å². The normalized spacial score (nSPS) is 14.5. The van der Waals surface area contributed by atoms with Gasteiger partial charge >= 0.3 is 0 Å². The molecular formula is C20H20ClN5O2. The number of piperazine rings is 1. The van der Waals surface area contributed by atoms with Gasteiger partial charge in [-0.1, -0.05) is 11.6 Å². The van der Waals surface area contributed by atoms with Crippen molar-refractivity contribution in [1.29, 1.82) is 0 Å². The molecule has 0 N–H and O–H groups in total. The van der Waals surface area contributed by atoms with Crippen LogP contribution in [0, 0.1) is 6.92 Å². The molecule has 1 saturated heterocycles. The number of fused-ring (bicyclic) bond motifs is 1. The molecule has 3 aromatic rings. The largest absolute Gasteiger partial charge is 0.368 e. The zero-order chi connectivity index (χ0) is 19.7. The zero-order valence-corrected chi connectivity index (χ0v) is 16.3. The summed E-state index contributed by atoms with van der Waals surface area (Å²) in [7, 11) is 0. The van der Waals surface area contributed by atoms with E-state index in [0.717, 1.165) is 29.4 Å². The minimum atomic E-state index is -0.0283. The third kappa shape index (κ3) is 3.45. The van der Waals surface area contributed by atoms with Crippen LogP contribution in [0.25, 0.3) is 11.0 Å². The van der Waals surface area contributed by atoms with Gasteiger partial charge in [0.2, 0.25) is 5.91 Å². The fourth-order valence-electron chi connectivity index (χ4n) is 3.50. The maximum absolute atomic E-state index is 12.8. The van der Waals surface area contributed by atoms with Gasteiger partial charge in [0.05, 0.1) is 0 Å². The molecule has 1 amide bonds. The molecule has 1 aliphatic rings. The van der Waals surface area contributed by atoms with Crippen LogP contribution in [0.5, 0.6) is 0 Å². The highest BCUT2D eigenvalue weighted by Crippen LogP contribution is 2.23. The monoisotopic (exact) mass is 397 g/mol. The van der Waals surface area contributed by atoms with E-state index < -0.39 is 0 Å². The fourth-order valence-corrected chi connectivity index (χ4v) is 3.62. The summed E-state index contributed by atoms with van der Waals surface area (Å²) in [5, 5.41) is 5.66. The first-order chi connectivity index (χ1) is 13.6. The van der Waals surface area contributed by atoms with Crippen molar-refractivity contribution in [2.24, 2.45) is 0 Å². The highest BCUT2D eigenvalue weighted by atomic mass is 35.5. The molecule has 7 nitrogen and oxygen atoms in total.